The van der Waals surface area contributed by atoms with Crippen molar-refractivity contribution < 1.29 is 8.42 Å². The third-order valence-corrected chi connectivity index (χ3v) is 6.27. The van der Waals surface area contributed by atoms with Gasteiger partial charge in [0.2, 0.25) is 0 Å². The number of nitrogens with one attached hydrogen (secondary N) is 1. The van der Waals surface area contributed by atoms with E-state index in [0.29, 0.717) is 18.9 Å². The molecule has 1 heterocycles. The molecule has 134 valence electrons. The lowest BCUT2D eigenvalue weighted by Crippen LogP contribution is -2.40. The van der Waals surface area contributed by atoms with Gasteiger partial charge in [0, 0.05) is 43.6 Å². The van der Waals surface area contributed by atoms with Crippen LogP contribution in [0.4, 0.5) is 0 Å². The summed E-state index contributed by atoms with van der Waals surface area (Å²) in [5.41, 5.74) is 0. The van der Waals surface area contributed by atoms with E-state index in [9.17, 15) is 8.42 Å². The van der Waals surface area contributed by atoms with Gasteiger partial charge in [0.1, 0.15) is 9.84 Å². The molecule has 24 heavy (non-hydrogen) atoms. The van der Waals surface area contributed by atoms with E-state index in [2.05, 4.69) is 39.5 Å². The monoisotopic (exact) mass is 369 g/mol. The molecule has 1 aliphatic rings. The van der Waals surface area contributed by atoms with E-state index in [0.717, 1.165) is 24.8 Å². The van der Waals surface area contributed by atoms with Crippen LogP contribution in [0, 0.1) is 5.92 Å². The average Bonchev–Trinajstić information content (AvgIpc) is 3.02. The molecule has 0 bridgehead atoms. The highest BCUT2D eigenvalue weighted by atomic mass is 32.2. The quantitative estimate of drug-likeness (QED) is 0.345. The van der Waals surface area contributed by atoms with Crippen molar-refractivity contribution >= 4 is 27.6 Å². The second-order valence-electron chi connectivity index (χ2n) is 6.18. The Morgan fingerprint density at radius 3 is 2.79 bits per heavy atom. The Bertz CT molecular complexity index is 632. The van der Waals surface area contributed by atoms with E-state index in [4.69, 9.17) is 0 Å². The summed E-state index contributed by atoms with van der Waals surface area (Å²) < 4.78 is 22.3. The Morgan fingerprint density at radius 2 is 2.12 bits per heavy atom. The van der Waals surface area contributed by atoms with Crippen LogP contribution >= 0.6 is 11.8 Å². The average molecular weight is 370 g/mol. The van der Waals surface area contributed by atoms with Gasteiger partial charge in [-0.05, 0) is 30.9 Å². The summed E-state index contributed by atoms with van der Waals surface area (Å²) >= 11 is 1.91. The summed E-state index contributed by atoms with van der Waals surface area (Å²) in [6.45, 7) is 2.65. The molecule has 1 unspecified atom stereocenters. The first-order valence-electron chi connectivity index (χ1n) is 8.29. The zero-order valence-electron chi connectivity index (χ0n) is 14.4. The fraction of sp³-hybridized carbons (Fsp3) is 0.588. The van der Waals surface area contributed by atoms with E-state index in [1.54, 1.807) is 7.05 Å². The maximum absolute atomic E-state index is 11.2. The lowest BCUT2D eigenvalue weighted by molar-refractivity contribution is 0.474. The Labute approximate surface area is 149 Å². The molecule has 7 heteroatoms. The Morgan fingerprint density at radius 1 is 1.38 bits per heavy atom. The lowest BCUT2D eigenvalue weighted by Gasteiger charge is -2.21. The van der Waals surface area contributed by atoms with Gasteiger partial charge in [-0.3, -0.25) is 4.99 Å². The maximum Gasteiger partial charge on any atom is 0.193 e. The first-order chi connectivity index (χ1) is 11.5. The molecule has 1 aliphatic heterocycles. The number of likely N-dealkylation sites (tertiary alicyclic amines) is 1. The Kier molecular flexibility index (Phi) is 7.42. The fourth-order valence-corrected chi connectivity index (χ4v) is 4.48. The molecule has 1 fully saturated rings. The van der Waals surface area contributed by atoms with E-state index >= 15 is 0 Å². The molecule has 0 aromatic heterocycles. The van der Waals surface area contributed by atoms with Crippen LogP contribution in [0.25, 0.3) is 0 Å². The van der Waals surface area contributed by atoms with Crippen LogP contribution in [-0.2, 0) is 9.84 Å². The number of hydrogen-bond acceptors (Lipinski definition) is 4. The molecular formula is C17H27N3O2S2. The minimum atomic E-state index is -2.89. The highest BCUT2D eigenvalue weighted by molar-refractivity contribution is 7.99. The Balaban J connectivity index is 1.72. The molecule has 0 saturated carbocycles. The van der Waals surface area contributed by atoms with Gasteiger partial charge in [0.05, 0.1) is 5.75 Å². The molecule has 0 amide bonds. The van der Waals surface area contributed by atoms with Gasteiger partial charge in [0.25, 0.3) is 0 Å². The SMILES string of the molecule is CN=C(NCCCS(C)(=O)=O)N1CCC(CSc2ccccc2)C1. The van der Waals surface area contributed by atoms with Crippen molar-refractivity contribution in [1.82, 2.24) is 10.2 Å². The Hall–Kier alpha value is -1.21. The predicted octanol–water partition coefficient (Wildman–Crippen LogP) is 2.11. The molecule has 0 aliphatic carbocycles. The highest BCUT2D eigenvalue weighted by Gasteiger charge is 2.24. The van der Waals surface area contributed by atoms with E-state index in [1.807, 2.05) is 17.8 Å². The normalized spacial score (nSPS) is 18.8. The first-order valence-corrected chi connectivity index (χ1v) is 11.3. The van der Waals surface area contributed by atoms with Gasteiger partial charge in [-0.1, -0.05) is 18.2 Å². The third kappa shape index (κ3) is 6.73. The lowest BCUT2D eigenvalue weighted by atomic mass is 10.2. The molecular weight excluding hydrogens is 342 g/mol. The minimum absolute atomic E-state index is 0.216. The molecule has 1 saturated heterocycles. The summed E-state index contributed by atoms with van der Waals surface area (Å²) in [6.07, 6.45) is 3.06. The number of guanidine groups is 1. The smallest absolute Gasteiger partial charge is 0.193 e. The molecule has 1 atom stereocenters. The zero-order valence-corrected chi connectivity index (χ0v) is 16.1. The van der Waals surface area contributed by atoms with Crippen molar-refractivity contribution in [2.75, 3.05) is 44.4 Å². The van der Waals surface area contributed by atoms with Crippen LogP contribution in [0.1, 0.15) is 12.8 Å². The number of nitrogens with zero attached hydrogens (tertiary/aromatic N) is 2. The minimum Gasteiger partial charge on any atom is -0.356 e. The van der Waals surface area contributed by atoms with Crippen molar-refractivity contribution in [2.45, 2.75) is 17.7 Å². The van der Waals surface area contributed by atoms with Crippen LogP contribution in [-0.4, -0.2) is 63.7 Å². The molecule has 2 rings (SSSR count). The predicted molar refractivity (Wildman–Crippen MR) is 103 cm³/mol. The standard InChI is InChI=1S/C17H27N3O2S2/c1-18-17(19-10-6-12-24(2,21)22)20-11-9-15(13-20)14-23-16-7-4-3-5-8-16/h3-5,7-8,15H,6,9-14H2,1-2H3,(H,18,19). The molecule has 1 N–H and O–H groups in total. The number of rotatable bonds is 7. The number of hydrogen-bond donors (Lipinski definition) is 1. The van der Waals surface area contributed by atoms with Gasteiger partial charge in [-0.25, -0.2) is 8.42 Å². The van der Waals surface area contributed by atoms with Crippen LogP contribution in [0.5, 0.6) is 0 Å². The van der Waals surface area contributed by atoms with Crippen LogP contribution in [0.15, 0.2) is 40.2 Å². The van der Waals surface area contributed by atoms with Crippen molar-refractivity contribution in [2.24, 2.45) is 10.9 Å². The van der Waals surface area contributed by atoms with Crippen molar-refractivity contribution in [3.8, 4) is 0 Å². The van der Waals surface area contributed by atoms with Crippen molar-refractivity contribution in [1.29, 1.82) is 0 Å². The molecule has 0 spiro atoms. The van der Waals surface area contributed by atoms with Crippen molar-refractivity contribution in [3.05, 3.63) is 30.3 Å². The molecule has 1 aromatic rings. The van der Waals surface area contributed by atoms with Crippen LogP contribution in [0.2, 0.25) is 0 Å². The van der Waals surface area contributed by atoms with E-state index in [-0.39, 0.29) is 5.75 Å². The number of aliphatic imine (C=N–C) groups is 1. The van der Waals surface area contributed by atoms with Crippen LogP contribution in [0.3, 0.4) is 0 Å². The first kappa shape index (κ1) is 19.1. The molecule has 1 aromatic carbocycles. The summed E-state index contributed by atoms with van der Waals surface area (Å²) in [6, 6.07) is 10.5. The second kappa shape index (κ2) is 9.32. The van der Waals surface area contributed by atoms with Gasteiger partial charge in [-0.2, -0.15) is 0 Å². The third-order valence-electron chi connectivity index (χ3n) is 4.00. The molecule has 5 nitrogen and oxygen atoms in total. The summed E-state index contributed by atoms with van der Waals surface area (Å²) in [4.78, 5) is 7.93. The number of thioether (sulfide) groups is 1. The summed E-state index contributed by atoms with van der Waals surface area (Å²) in [5, 5.41) is 3.28. The number of benzene rings is 1. The topological polar surface area (TPSA) is 61.8 Å². The summed E-state index contributed by atoms with van der Waals surface area (Å²) in [5.74, 6) is 2.87. The van der Waals surface area contributed by atoms with Gasteiger partial charge < -0.3 is 10.2 Å². The van der Waals surface area contributed by atoms with Gasteiger partial charge >= 0.3 is 0 Å². The van der Waals surface area contributed by atoms with Crippen LogP contribution < -0.4 is 5.32 Å². The maximum atomic E-state index is 11.2. The van der Waals surface area contributed by atoms with E-state index < -0.39 is 9.84 Å². The van der Waals surface area contributed by atoms with Crippen molar-refractivity contribution in [3.63, 3.8) is 0 Å². The summed E-state index contributed by atoms with van der Waals surface area (Å²) in [7, 11) is -1.10. The largest absolute Gasteiger partial charge is 0.356 e. The second-order valence-corrected chi connectivity index (χ2v) is 9.54. The highest BCUT2D eigenvalue weighted by Crippen LogP contribution is 2.25. The molecule has 0 radical (unpaired) electrons. The zero-order chi connectivity index (χ0) is 17.4. The van der Waals surface area contributed by atoms with E-state index in [1.165, 1.54) is 17.6 Å². The van der Waals surface area contributed by atoms with Gasteiger partial charge in [-0.15, -0.1) is 11.8 Å². The van der Waals surface area contributed by atoms with Gasteiger partial charge in [0.15, 0.2) is 5.96 Å². The number of sulfone groups is 1. The fourth-order valence-electron chi connectivity index (χ4n) is 2.76.